The van der Waals surface area contributed by atoms with E-state index in [1.165, 1.54) is 0 Å². The molecular weight excluding hydrogens is 346 g/mol. The lowest BCUT2D eigenvalue weighted by molar-refractivity contribution is 0.483. The van der Waals surface area contributed by atoms with E-state index in [2.05, 4.69) is 4.72 Å². The molecule has 3 rings (SSSR count). The molecule has 0 radical (unpaired) electrons. The van der Waals surface area contributed by atoms with Crippen LogP contribution in [0, 0.1) is 0 Å². The highest BCUT2D eigenvalue weighted by Crippen LogP contribution is 2.23. The molecule has 0 fully saturated rings. The van der Waals surface area contributed by atoms with Crippen LogP contribution in [0.2, 0.25) is 0 Å². The normalized spacial score (nSPS) is 11.1. The van der Waals surface area contributed by atoms with Gasteiger partial charge in [0.15, 0.2) is 0 Å². The van der Waals surface area contributed by atoms with Gasteiger partial charge in [-0.3, -0.25) is 4.72 Å². The topological polar surface area (TPSA) is 55.4 Å². The third kappa shape index (κ3) is 5.63. The first-order chi connectivity index (χ1) is 12.6. The fourth-order valence-electron chi connectivity index (χ4n) is 2.56. The van der Waals surface area contributed by atoms with Gasteiger partial charge in [-0.2, -0.15) is 0 Å². The van der Waals surface area contributed by atoms with E-state index in [1.807, 2.05) is 60.7 Å². The molecule has 26 heavy (non-hydrogen) atoms. The van der Waals surface area contributed by atoms with E-state index >= 15 is 0 Å². The molecule has 134 valence electrons. The van der Waals surface area contributed by atoms with Crippen molar-refractivity contribution in [1.29, 1.82) is 0 Å². The average molecular weight is 367 g/mol. The molecule has 5 heteroatoms. The molecule has 3 aromatic rings. The van der Waals surface area contributed by atoms with Crippen molar-refractivity contribution in [2.45, 2.75) is 12.8 Å². The van der Waals surface area contributed by atoms with Crippen molar-refractivity contribution >= 4 is 15.7 Å². The molecule has 0 aliphatic rings. The fraction of sp³-hybridized carbons (Fsp3) is 0.143. The Bertz CT molecular complexity index is 908. The van der Waals surface area contributed by atoms with Gasteiger partial charge in [-0.15, -0.1) is 0 Å². The Morgan fingerprint density at radius 3 is 1.96 bits per heavy atom. The third-order valence-electron chi connectivity index (χ3n) is 3.83. The molecule has 0 aliphatic carbocycles. The second-order valence-corrected chi connectivity index (χ2v) is 7.79. The number of nitrogens with one attached hydrogen (secondary N) is 1. The molecule has 0 atom stereocenters. The molecule has 3 aromatic carbocycles. The maximum absolute atomic E-state index is 12.2. The zero-order chi connectivity index (χ0) is 18.2. The number of hydrogen-bond acceptors (Lipinski definition) is 3. The first kappa shape index (κ1) is 18.0. The van der Waals surface area contributed by atoms with Crippen LogP contribution in [0.1, 0.15) is 12.0 Å². The molecule has 4 nitrogen and oxygen atoms in total. The van der Waals surface area contributed by atoms with E-state index in [4.69, 9.17) is 4.74 Å². The molecule has 0 spiro atoms. The number of para-hydroxylation sites is 1. The summed E-state index contributed by atoms with van der Waals surface area (Å²) in [7, 11) is -3.37. The van der Waals surface area contributed by atoms with Crippen LogP contribution in [0.25, 0.3) is 0 Å². The molecule has 0 heterocycles. The predicted octanol–water partition coefficient (Wildman–Crippen LogP) is 4.85. The third-order valence-corrected chi connectivity index (χ3v) is 5.20. The van der Waals surface area contributed by atoms with Gasteiger partial charge in [0.25, 0.3) is 0 Å². The number of aryl methyl sites for hydroxylation is 1. The van der Waals surface area contributed by atoms with E-state index in [9.17, 15) is 8.42 Å². The molecular formula is C21H21NO3S. The summed E-state index contributed by atoms with van der Waals surface area (Å²) in [6, 6.07) is 26.2. The van der Waals surface area contributed by atoms with Crippen LogP contribution >= 0.6 is 0 Å². The van der Waals surface area contributed by atoms with Gasteiger partial charge in [-0.25, -0.2) is 8.42 Å². The molecule has 0 saturated carbocycles. The fourth-order valence-corrected chi connectivity index (χ4v) is 3.68. The number of hydrogen-bond donors (Lipinski definition) is 1. The zero-order valence-corrected chi connectivity index (χ0v) is 15.2. The molecule has 1 N–H and O–H groups in total. The summed E-state index contributed by atoms with van der Waals surface area (Å²) >= 11 is 0. The molecule has 0 aliphatic heterocycles. The first-order valence-corrected chi connectivity index (χ1v) is 10.1. The number of benzene rings is 3. The maximum atomic E-state index is 12.2. The minimum absolute atomic E-state index is 0.0875. The largest absolute Gasteiger partial charge is 0.457 e. The van der Waals surface area contributed by atoms with Gasteiger partial charge in [0, 0.05) is 5.69 Å². The van der Waals surface area contributed by atoms with Crippen molar-refractivity contribution in [2.75, 3.05) is 10.5 Å². The quantitative estimate of drug-likeness (QED) is 0.619. The molecule has 0 saturated heterocycles. The summed E-state index contributed by atoms with van der Waals surface area (Å²) in [6.07, 6.45) is 1.32. The van der Waals surface area contributed by atoms with Crippen LogP contribution < -0.4 is 9.46 Å². The Hall–Kier alpha value is -2.79. The minimum atomic E-state index is -3.37. The summed E-state index contributed by atoms with van der Waals surface area (Å²) in [6.45, 7) is 0. The highest BCUT2D eigenvalue weighted by molar-refractivity contribution is 7.92. The smallest absolute Gasteiger partial charge is 0.232 e. The van der Waals surface area contributed by atoms with E-state index < -0.39 is 10.0 Å². The van der Waals surface area contributed by atoms with Gasteiger partial charge >= 0.3 is 0 Å². The van der Waals surface area contributed by atoms with Crippen LogP contribution in [0.5, 0.6) is 11.5 Å². The lowest BCUT2D eigenvalue weighted by Crippen LogP contribution is -2.17. The summed E-state index contributed by atoms with van der Waals surface area (Å²) in [4.78, 5) is 0. The highest BCUT2D eigenvalue weighted by atomic mass is 32.2. The molecule has 0 amide bonds. The maximum Gasteiger partial charge on any atom is 0.232 e. The number of ether oxygens (including phenoxy) is 1. The summed E-state index contributed by atoms with van der Waals surface area (Å²) in [5, 5.41) is 0. The Morgan fingerprint density at radius 2 is 1.31 bits per heavy atom. The van der Waals surface area contributed by atoms with Gasteiger partial charge in [0.1, 0.15) is 11.5 Å². The summed E-state index contributed by atoms with van der Waals surface area (Å²) < 4.78 is 32.8. The Morgan fingerprint density at radius 1 is 0.731 bits per heavy atom. The Labute approximate surface area is 154 Å². The molecule has 0 unspecified atom stereocenters. The standard InChI is InChI=1S/C21H21NO3S/c23-26(24,17-7-10-18-8-3-1-4-9-18)22-19-13-15-21(16-14-19)25-20-11-5-2-6-12-20/h1-6,8-9,11-16,22H,7,10,17H2. The van der Waals surface area contributed by atoms with Crippen LogP contribution in [-0.2, 0) is 16.4 Å². The SMILES string of the molecule is O=S(=O)(CCCc1ccccc1)Nc1ccc(Oc2ccccc2)cc1. The van der Waals surface area contributed by atoms with Crippen molar-refractivity contribution in [3.8, 4) is 11.5 Å². The first-order valence-electron chi connectivity index (χ1n) is 8.48. The van der Waals surface area contributed by atoms with Gasteiger partial charge in [0.05, 0.1) is 5.75 Å². The van der Waals surface area contributed by atoms with Crippen molar-refractivity contribution in [3.63, 3.8) is 0 Å². The van der Waals surface area contributed by atoms with Crippen molar-refractivity contribution in [2.24, 2.45) is 0 Å². The van der Waals surface area contributed by atoms with E-state index in [-0.39, 0.29) is 5.75 Å². The van der Waals surface area contributed by atoms with Gasteiger partial charge < -0.3 is 4.74 Å². The lowest BCUT2D eigenvalue weighted by atomic mass is 10.1. The van der Waals surface area contributed by atoms with E-state index in [0.717, 1.165) is 17.7 Å². The summed E-state index contributed by atoms with van der Waals surface area (Å²) in [5.74, 6) is 1.48. The Kier molecular flexibility index (Phi) is 5.92. The van der Waals surface area contributed by atoms with Gasteiger partial charge in [0.2, 0.25) is 10.0 Å². The number of anilines is 1. The average Bonchev–Trinajstić information content (AvgIpc) is 2.65. The zero-order valence-electron chi connectivity index (χ0n) is 14.3. The van der Waals surface area contributed by atoms with Crippen molar-refractivity contribution < 1.29 is 13.2 Å². The number of sulfonamides is 1. The number of rotatable bonds is 8. The van der Waals surface area contributed by atoms with Crippen LogP contribution in [0.15, 0.2) is 84.9 Å². The molecule has 0 bridgehead atoms. The minimum Gasteiger partial charge on any atom is -0.457 e. The second-order valence-electron chi connectivity index (χ2n) is 5.95. The van der Waals surface area contributed by atoms with Gasteiger partial charge in [-0.1, -0.05) is 48.5 Å². The predicted molar refractivity (Wildman–Crippen MR) is 105 cm³/mol. The van der Waals surface area contributed by atoms with Crippen LogP contribution in [0.3, 0.4) is 0 Å². The van der Waals surface area contributed by atoms with Crippen LogP contribution in [-0.4, -0.2) is 14.2 Å². The van der Waals surface area contributed by atoms with E-state index in [1.54, 1.807) is 24.3 Å². The van der Waals surface area contributed by atoms with Crippen molar-refractivity contribution in [3.05, 3.63) is 90.5 Å². The monoisotopic (exact) mass is 367 g/mol. The molecule has 0 aromatic heterocycles. The van der Waals surface area contributed by atoms with E-state index in [0.29, 0.717) is 17.9 Å². The lowest BCUT2D eigenvalue weighted by Gasteiger charge is -2.10. The second kappa shape index (κ2) is 8.54. The Balaban J connectivity index is 1.52. The van der Waals surface area contributed by atoms with Crippen LogP contribution in [0.4, 0.5) is 5.69 Å². The van der Waals surface area contributed by atoms with Crippen molar-refractivity contribution in [1.82, 2.24) is 0 Å². The summed E-state index contributed by atoms with van der Waals surface area (Å²) in [5.41, 5.74) is 1.68. The highest BCUT2D eigenvalue weighted by Gasteiger charge is 2.10. The van der Waals surface area contributed by atoms with Gasteiger partial charge in [-0.05, 0) is 54.8 Å².